The standard InChI is InChI=1S/C64H104O29/c1-10-26(2)53(82)83-24-33-52(93-58-50(80)43(73)40(70)30(20-65)87-58)46(76)51(81)57(90-33)92-38-19-64(25-66)28(17-59(38,3)4)27-11-12-35-61(7)15-14-37(60(5,6)34(61)13-16-62(35,8)63(27,9)18-36(64)68)91-56-49(79)45(75)42(72)32(89-56)23-86-55-48(78)44(74)41(71)31(88-55)22-85-54-47(77)39(69)29(67)21-84-54/h10-11,28-52,54-58,65-81H,12-25H2,1-9H3/b26-10+/t28-,29+,30+,31+,32+,33+,34?,35+,36-,37-,38-,39-,40+,41+,42+,43-,44-,45-,46+,47+,48+,49+,50+,51+,52+,54-,55+,56-,57-,58-,61-,62+,63+,64+/m0/s1. The van der Waals surface area contributed by atoms with E-state index in [1.165, 1.54) is 13.0 Å². The van der Waals surface area contributed by atoms with Crippen LogP contribution >= 0.6 is 0 Å². The molecule has 0 bridgehead atoms. The molecule has 5 aliphatic carbocycles. The van der Waals surface area contributed by atoms with Gasteiger partial charge in [0.25, 0.3) is 0 Å². The molecule has 34 atom stereocenters. The van der Waals surface area contributed by atoms with Crippen molar-refractivity contribution in [3.8, 4) is 0 Å². The Morgan fingerprint density at radius 3 is 1.69 bits per heavy atom. The van der Waals surface area contributed by atoms with Crippen molar-refractivity contribution < 1.29 is 144 Å². The summed E-state index contributed by atoms with van der Waals surface area (Å²) in [5.41, 5.74) is -2.24. The number of fused-ring (bicyclic) bond motifs is 7. The van der Waals surface area contributed by atoms with Crippen molar-refractivity contribution in [2.45, 2.75) is 279 Å². The van der Waals surface area contributed by atoms with E-state index in [2.05, 4.69) is 40.7 Å². The maximum Gasteiger partial charge on any atom is 0.333 e. The van der Waals surface area contributed by atoms with Crippen molar-refractivity contribution >= 4 is 5.97 Å². The molecule has 5 saturated heterocycles. The number of carbonyl (C=O) groups excluding carboxylic acids is 1. The van der Waals surface area contributed by atoms with E-state index in [1.807, 2.05) is 13.8 Å². The number of aliphatic hydroxyl groups excluding tert-OH is 17. The molecule has 0 aromatic rings. The molecule has 0 radical (unpaired) electrons. The normalized spacial score (nSPS) is 52.3. The Balaban J connectivity index is 0.813. The van der Waals surface area contributed by atoms with Crippen molar-refractivity contribution in [1.82, 2.24) is 0 Å². The molecular formula is C64H104O29. The second-order valence-corrected chi connectivity index (χ2v) is 30.3. The van der Waals surface area contributed by atoms with Crippen molar-refractivity contribution in [2.75, 3.05) is 39.6 Å². The predicted octanol–water partition coefficient (Wildman–Crippen LogP) is -3.64. The predicted molar refractivity (Wildman–Crippen MR) is 315 cm³/mol. The zero-order valence-corrected chi connectivity index (χ0v) is 54.4. The summed E-state index contributed by atoms with van der Waals surface area (Å²) in [6.45, 7) is 15.1. The van der Waals surface area contributed by atoms with Crippen LogP contribution in [0.3, 0.4) is 0 Å². The van der Waals surface area contributed by atoms with E-state index >= 15 is 0 Å². The topological polar surface area (TPSA) is 463 Å². The molecular weight excluding hydrogens is 1230 g/mol. The van der Waals surface area contributed by atoms with Crippen molar-refractivity contribution in [3.05, 3.63) is 23.3 Å². The Hall–Kier alpha value is -2.13. The lowest BCUT2D eigenvalue weighted by atomic mass is 9.33. The number of hydrogen-bond donors (Lipinski definition) is 17. The zero-order chi connectivity index (χ0) is 68.1. The Morgan fingerprint density at radius 1 is 0.559 bits per heavy atom. The molecule has 93 heavy (non-hydrogen) atoms. The maximum absolute atomic E-state index is 12.9. The largest absolute Gasteiger partial charge is 0.459 e. The molecule has 0 amide bonds. The third-order valence-corrected chi connectivity index (χ3v) is 24.4. The van der Waals surface area contributed by atoms with E-state index in [0.29, 0.717) is 32.1 Å². The van der Waals surface area contributed by atoms with Crippen LogP contribution in [0.25, 0.3) is 0 Å². The average Bonchev–Trinajstić information content (AvgIpc) is 0.674. The fourth-order valence-corrected chi connectivity index (χ4v) is 18.2. The van der Waals surface area contributed by atoms with Crippen molar-refractivity contribution in [3.63, 3.8) is 0 Å². The van der Waals surface area contributed by atoms with Gasteiger partial charge >= 0.3 is 5.97 Å². The van der Waals surface area contributed by atoms with Crippen molar-refractivity contribution in [2.24, 2.45) is 50.2 Å². The van der Waals surface area contributed by atoms with Crippen LogP contribution in [0.2, 0.25) is 0 Å². The van der Waals surface area contributed by atoms with E-state index in [4.69, 9.17) is 52.1 Å². The van der Waals surface area contributed by atoms with Gasteiger partial charge in [0.1, 0.15) is 123 Å². The first-order valence-electron chi connectivity index (χ1n) is 32.9. The molecule has 534 valence electrons. The third kappa shape index (κ3) is 12.9. The van der Waals surface area contributed by atoms with Crippen LogP contribution in [0, 0.1) is 50.2 Å². The minimum Gasteiger partial charge on any atom is -0.459 e. The molecule has 5 heterocycles. The minimum atomic E-state index is -1.88. The lowest BCUT2D eigenvalue weighted by molar-refractivity contribution is -0.368. The Labute approximate surface area is 540 Å². The molecule has 17 N–H and O–H groups in total. The van der Waals surface area contributed by atoms with E-state index in [1.54, 1.807) is 6.92 Å². The molecule has 4 saturated carbocycles. The van der Waals surface area contributed by atoms with E-state index in [-0.39, 0.29) is 47.2 Å². The average molecular weight is 1340 g/mol. The lowest BCUT2D eigenvalue weighted by Gasteiger charge is -2.72. The zero-order valence-electron chi connectivity index (χ0n) is 54.4. The monoisotopic (exact) mass is 1340 g/mol. The smallest absolute Gasteiger partial charge is 0.333 e. The van der Waals surface area contributed by atoms with Gasteiger partial charge in [0.05, 0.1) is 51.3 Å². The van der Waals surface area contributed by atoms with Gasteiger partial charge in [-0.05, 0) is 110 Å². The Kier molecular flexibility index (Phi) is 22.0. The maximum atomic E-state index is 12.9. The van der Waals surface area contributed by atoms with Crippen LogP contribution in [0.15, 0.2) is 23.3 Å². The molecule has 5 aliphatic heterocycles. The highest BCUT2D eigenvalue weighted by Gasteiger charge is 2.71. The molecule has 29 nitrogen and oxygen atoms in total. The fraction of sp³-hybridized carbons (Fsp3) is 0.922. The second-order valence-electron chi connectivity index (χ2n) is 30.3. The van der Waals surface area contributed by atoms with Crippen LogP contribution in [-0.4, -0.2) is 298 Å². The SMILES string of the molecule is C/C=C(\C)C(=O)OC[C@H]1O[C@@H](O[C@H]2C[C@]3(CO)[C@@H](O)C[C@]4(C)C(=CC[C@@H]5[C@@]6(C)CC[C@H](O[C@@H]7O[C@H](CO[C@@H]8O[C@H](CO[C@@H]9OC[C@@H](O)[C@H](O)[C@H]9O)[C@@H](O)[C@H](O)[C@H]8O)[C@@H](O)[C@H](O)[C@H]7O)C(C)(C)C6CC[C@]54C)[C@@H]3CC2(C)C)[C@H](O)[C@@H](O)[C@@H]1O[C@@H]1O[C@H](CO)[C@@H](O)[C@H](O)[C@H]1O. The van der Waals surface area contributed by atoms with Gasteiger partial charge in [-0.3, -0.25) is 0 Å². The van der Waals surface area contributed by atoms with E-state index in [0.717, 1.165) is 18.4 Å². The summed E-state index contributed by atoms with van der Waals surface area (Å²) in [6, 6.07) is 0. The number of ether oxygens (including phenoxy) is 11. The highest BCUT2D eigenvalue weighted by Crippen LogP contribution is 2.76. The molecule has 0 aromatic heterocycles. The Bertz CT molecular complexity index is 2630. The summed E-state index contributed by atoms with van der Waals surface area (Å²) in [5, 5.41) is 186. The molecule has 29 heteroatoms. The van der Waals surface area contributed by atoms with E-state index in [9.17, 15) is 91.6 Å². The van der Waals surface area contributed by atoms with Crippen molar-refractivity contribution in [1.29, 1.82) is 0 Å². The summed E-state index contributed by atoms with van der Waals surface area (Å²) < 4.78 is 65.3. The Morgan fingerprint density at radius 2 is 1.09 bits per heavy atom. The van der Waals surface area contributed by atoms with Crippen LogP contribution in [0.5, 0.6) is 0 Å². The van der Waals surface area contributed by atoms with Crippen LogP contribution in [-0.2, 0) is 56.9 Å². The highest BCUT2D eigenvalue weighted by atomic mass is 16.8. The summed E-state index contributed by atoms with van der Waals surface area (Å²) in [7, 11) is 0. The molecule has 1 unspecified atom stereocenters. The van der Waals surface area contributed by atoms with Crippen LogP contribution < -0.4 is 0 Å². The number of hydrogen-bond acceptors (Lipinski definition) is 29. The van der Waals surface area contributed by atoms with Gasteiger partial charge in [-0.2, -0.15) is 0 Å². The fourth-order valence-electron chi connectivity index (χ4n) is 18.2. The highest BCUT2D eigenvalue weighted by molar-refractivity contribution is 5.87. The van der Waals surface area contributed by atoms with Gasteiger partial charge < -0.3 is 139 Å². The van der Waals surface area contributed by atoms with Gasteiger partial charge in [-0.1, -0.05) is 66.2 Å². The van der Waals surface area contributed by atoms with Gasteiger partial charge in [-0.25, -0.2) is 4.79 Å². The second kappa shape index (κ2) is 27.8. The molecule has 9 fully saturated rings. The summed E-state index contributed by atoms with van der Waals surface area (Å²) in [6.07, 6.45) is -33.6. The summed E-state index contributed by atoms with van der Waals surface area (Å²) >= 11 is 0. The van der Waals surface area contributed by atoms with Crippen LogP contribution in [0.4, 0.5) is 0 Å². The summed E-state index contributed by atoms with van der Waals surface area (Å²) in [5.74, 6) is -0.902. The molecule has 0 spiro atoms. The first-order valence-corrected chi connectivity index (χ1v) is 32.9. The number of rotatable bonds is 17. The van der Waals surface area contributed by atoms with Crippen LogP contribution in [0.1, 0.15) is 114 Å². The van der Waals surface area contributed by atoms with Gasteiger partial charge in [0, 0.05) is 11.0 Å². The van der Waals surface area contributed by atoms with Gasteiger partial charge in [0.2, 0.25) is 0 Å². The number of esters is 1. The number of aliphatic hydroxyl groups is 17. The molecule has 0 aromatic carbocycles. The molecule has 10 rings (SSSR count). The lowest BCUT2D eigenvalue weighted by Crippen LogP contribution is -2.69. The minimum absolute atomic E-state index is 0.0509. The van der Waals surface area contributed by atoms with E-state index < -0.39 is 226 Å². The summed E-state index contributed by atoms with van der Waals surface area (Å²) in [4.78, 5) is 12.9. The number of allylic oxidation sites excluding steroid dienone is 3. The van der Waals surface area contributed by atoms with Gasteiger partial charge in [-0.15, -0.1) is 0 Å². The molecule has 10 aliphatic rings. The number of carbonyl (C=O) groups is 1. The third-order valence-electron chi connectivity index (χ3n) is 24.4. The first-order chi connectivity index (χ1) is 43.6. The first kappa shape index (κ1) is 73.6. The van der Waals surface area contributed by atoms with Gasteiger partial charge in [0.15, 0.2) is 31.5 Å². The quantitative estimate of drug-likeness (QED) is 0.0289.